The fourth-order valence-corrected chi connectivity index (χ4v) is 4.68. The van der Waals surface area contributed by atoms with Crippen molar-refractivity contribution < 1.29 is 0 Å². The highest BCUT2D eigenvalue weighted by Gasteiger charge is 2.35. The van der Waals surface area contributed by atoms with Crippen LogP contribution in [0.5, 0.6) is 0 Å². The van der Waals surface area contributed by atoms with Gasteiger partial charge in [-0.2, -0.15) is 0 Å². The summed E-state index contributed by atoms with van der Waals surface area (Å²) in [4.78, 5) is 0. The van der Waals surface area contributed by atoms with Gasteiger partial charge in [-0.05, 0) is 71.8 Å². The summed E-state index contributed by atoms with van der Waals surface area (Å²) in [7, 11) is 0. The summed E-state index contributed by atoms with van der Waals surface area (Å²) in [5.41, 5.74) is 8.29. The van der Waals surface area contributed by atoms with Crippen LogP contribution in [0.15, 0.2) is 48.5 Å². The summed E-state index contributed by atoms with van der Waals surface area (Å²) >= 11 is 0. The van der Waals surface area contributed by atoms with Gasteiger partial charge in [0.15, 0.2) is 0 Å². The molecule has 0 aromatic heterocycles. The van der Waals surface area contributed by atoms with Crippen molar-refractivity contribution in [2.24, 2.45) is 5.41 Å². The van der Waals surface area contributed by atoms with E-state index in [1.165, 1.54) is 49.7 Å². The maximum absolute atomic E-state index is 2.55. The van der Waals surface area contributed by atoms with E-state index in [4.69, 9.17) is 0 Å². The molecule has 0 saturated carbocycles. The van der Waals surface area contributed by atoms with E-state index in [1.807, 2.05) is 0 Å². The first kappa shape index (κ1) is 15.7. The lowest BCUT2D eigenvalue weighted by Crippen LogP contribution is -2.18. The molecule has 0 saturated heterocycles. The molecule has 2 aromatic rings. The van der Waals surface area contributed by atoms with Crippen molar-refractivity contribution in [3.8, 4) is 0 Å². The Labute approximate surface area is 146 Å². The van der Waals surface area contributed by atoms with E-state index < -0.39 is 0 Å². The second kappa shape index (κ2) is 6.24. The van der Waals surface area contributed by atoms with Gasteiger partial charge in [0.25, 0.3) is 0 Å². The predicted molar refractivity (Wildman–Crippen MR) is 103 cm³/mol. The predicted octanol–water partition coefficient (Wildman–Crippen LogP) is 6.33. The van der Waals surface area contributed by atoms with Crippen LogP contribution in [0, 0.1) is 5.41 Å². The summed E-state index contributed by atoms with van der Waals surface area (Å²) in [6.07, 6.45) is 12.4. The molecular weight excluding hydrogens is 288 g/mol. The van der Waals surface area contributed by atoms with Gasteiger partial charge in [0.1, 0.15) is 0 Å². The van der Waals surface area contributed by atoms with Gasteiger partial charge in [0.05, 0.1) is 0 Å². The van der Waals surface area contributed by atoms with Gasteiger partial charge in [-0.25, -0.2) is 0 Å². The molecule has 0 nitrogen and oxygen atoms in total. The molecule has 1 unspecified atom stereocenters. The number of rotatable bonds is 5. The quantitative estimate of drug-likeness (QED) is 0.604. The Morgan fingerprint density at radius 1 is 0.958 bits per heavy atom. The number of hydrogen-bond acceptors (Lipinski definition) is 0. The van der Waals surface area contributed by atoms with Crippen molar-refractivity contribution in [3.05, 3.63) is 76.4 Å². The van der Waals surface area contributed by atoms with Crippen LogP contribution in [0.25, 0.3) is 6.08 Å². The molecule has 0 bridgehead atoms. The van der Waals surface area contributed by atoms with Crippen LogP contribution in [0.2, 0.25) is 0 Å². The van der Waals surface area contributed by atoms with E-state index in [-0.39, 0.29) is 0 Å². The van der Waals surface area contributed by atoms with E-state index in [1.54, 1.807) is 16.7 Å². The first-order valence-electron chi connectivity index (χ1n) is 9.61. The Hall–Kier alpha value is -1.82. The van der Waals surface area contributed by atoms with Gasteiger partial charge in [-0.1, -0.05) is 68.5 Å². The Morgan fingerprint density at radius 2 is 1.67 bits per heavy atom. The fourth-order valence-electron chi connectivity index (χ4n) is 4.68. The van der Waals surface area contributed by atoms with Crippen molar-refractivity contribution in [2.75, 3.05) is 0 Å². The summed E-state index contributed by atoms with van der Waals surface area (Å²) in [6, 6.07) is 15.9. The minimum absolute atomic E-state index is 0.528. The van der Waals surface area contributed by atoms with Gasteiger partial charge in [-0.15, -0.1) is 0 Å². The van der Waals surface area contributed by atoms with E-state index in [0.29, 0.717) is 11.3 Å². The molecule has 2 aromatic carbocycles. The van der Waals surface area contributed by atoms with Crippen LogP contribution in [0.3, 0.4) is 0 Å². The largest absolute Gasteiger partial charge is 0.0764 e. The van der Waals surface area contributed by atoms with E-state index >= 15 is 0 Å². The number of allylic oxidation sites excluding steroid dienone is 1. The number of aryl methyl sites for hydroxylation is 1. The fraction of sp³-hybridized carbons (Fsp3) is 0.417. The highest BCUT2D eigenvalue weighted by atomic mass is 14.4. The third kappa shape index (κ3) is 2.73. The molecule has 0 fully saturated rings. The molecular formula is C24H28. The van der Waals surface area contributed by atoms with Crippen molar-refractivity contribution in [3.63, 3.8) is 0 Å². The van der Waals surface area contributed by atoms with Crippen LogP contribution in [-0.4, -0.2) is 0 Å². The molecule has 0 aliphatic heterocycles. The maximum atomic E-state index is 2.55. The van der Waals surface area contributed by atoms with Crippen molar-refractivity contribution >= 4 is 6.08 Å². The zero-order valence-electron chi connectivity index (χ0n) is 15.0. The first-order chi connectivity index (χ1) is 11.7. The molecule has 0 radical (unpaired) electrons. The third-order valence-corrected chi connectivity index (χ3v) is 6.53. The molecule has 4 rings (SSSR count). The summed E-state index contributed by atoms with van der Waals surface area (Å²) in [5.74, 6) is 0.601. The molecule has 1 atom stereocenters. The maximum Gasteiger partial charge on any atom is 0.00305 e. The van der Waals surface area contributed by atoms with Crippen molar-refractivity contribution in [2.45, 2.75) is 58.3 Å². The van der Waals surface area contributed by atoms with Crippen LogP contribution in [0.1, 0.15) is 66.8 Å². The molecule has 0 heteroatoms. The van der Waals surface area contributed by atoms with E-state index in [0.717, 1.165) is 0 Å². The minimum Gasteiger partial charge on any atom is -0.0764 e. The molecule has 0 N–H and O–H groups in total. The summed E-state index contributed by atoms with van der Waals surface area (Å²) in [6.45, 7) is 4.73. The number of benzene rings is 2. The van der Waals surface area contributed by atoms with Gasteiger partial charge in [-0.3, -0.25) is 0 Å². The topological polar surface area (TPSA) is 0 Å². The molecule has 124 valence electrons. The second-order valence-electron chi connectivity index (χ2n) is 7.80. The zero-order valence-corrected chi connectivity index (χ0v) is 15.0. The Bertz CT molecular complexity index is 747. The monoisotopic (exact) mass is 316 g/mol. The highest BCUT2D eigenvalue weighted by molar-refractivity contribution is 5.65. The standard InChI is InChI=1S/C24H28/c1-3-24(4-2)16-21-14-20-13-12-19(23(20)15-22(21)17-24)11-10-18-8-6-5-7-9-18/h5-9,12-15,19H,3-4,10-11,16-17H2,1-2H3. The molecule has 24 heavy (non-hydrogen) atoms. The smallest absolute Gasteiger partial charge is 0.00305 e. The molecule has 0 spiro atoms. The van der Waals surface area contributed by atoms with E-state index in [2.05, 4.69) is 68.5 Å². The van der Waals surface area contributed by atoms with Crippen molar-refractivity contribution in [1.82, 2.24) is 0 Å². The van der Waals surface area contributed by atoms with Crippen LogP contribution >= 0.6 is 0 Å². The van der Waals surface area contributed by atoms with Gasteiger partial charge < -0.3 is 0 Å². The van der Waals surface area contributed by atoms with Gasteiger partial charge in [0, 0.05) is 5.92 Å². The summed E-state index contributed by atoms with van der Waals surface area (Å²) in [5, 5.41) is 0. The Balaban J connectivity index is 1.54. The SMILES string of the molecule is CCC1(CC)Cc2cc3c(cc2C1)C(CCc1ccccc1)C=C3. The highest BCUT2D eigenvalue weighted by Crippen LogP contribution is 2.45. The lowest BCUT2D eigenvalue weighted by atomic mass is 9.80. The van der Waals surface area contributed by atoms with Gasteiger partial charge >= 0.3 is 0 Å². The second-order valence-corrected chi connectivity index (χ2v) is 7.80. The third-order valence-electron chi connectivity index (χ3n) is 6.53. The lowest BCUT2D eigenvalue weighted by Gasteiger charge is -2.25. The number of fused-ring (bicyclic) bond motifs is 2. The summed E-state index contributed by atoms with van der Waals surface area (Å²) < 4.78 is 0. The average molecular weight is 316 g/mol. The molecule has 0 amide bonds. The Kier molecular flexibility index (Phi) is 4.08. The minimum atomic E-state index is 0.528. The van der Waals surface area contributed by atoms with E-state index in [9.17, 15) is 0 Å². The van der Waals surface area contributed by atoms with Crippen LogP contribution in [0.4, 0.5) is 0 Å². The molecule has 2 aliphatic rings. The lowest BCUT2D eigenvalue weighted by molar-refractivity contribution is 0.280. The van der Waals surface area contributed by atoms with Gasteiger partial charge in [0.2, 0.25) is 0 Å². The average Bonchev–Trinajstić information content (AvgIpc) is 3.19. The van der Waals surface area contributed by atoms with Crippen LogP contribution < -0.4 is 0 Å². The zero-order chi connectivity index (χ0) is 16.6. The first-order valence-corrected chi connectivity index (χ1v) is 9.61. The van der Waals surface area contributed by atoms with Crippen LogP contribution in [-0.2, 0) is 19.3 Å². The Morgan fingerprint density at radius 3 is 2.38 bits per heavy atom. The van der Waals surface area contributed by atoms with Crippen molar-refractivity contribution in [1.29, 1.82) is 0 Å². The normalized spacial score (nSPS) is 20.2. The number of hydrogen-bond donors (Lipinski definition) is 0. The molecule has 0 heterocycles. The molecule has 2 aliphatic carbocycles.